The van der Waals surface area contributed by atoms with E-state index in [1.54, 1.807) is 16.4 Å². The molecule has 6 nitrogen and oxygen atoms in total. The molecular weight excluding hydrogens is 362 g/mol. The first-order chi connectivity index (χ1) is 13.0. The van der Waals surface area contributed by atoms with Gasteiger partial charge in [-0.1, -0.05) is 13.3 Å². The van der Waals surface area contributed by atoms with Gasteiger partial charge in [0.15, 0.2) is 0 Å². The van der Waals surface area contributed by atoms with E-state index in [2.05, 4.69) is 5.32 Å². The standard InChI is InChI=1S/C20H27N3O3S/c1-2-18(20(24)21-16-6-7-16)23-13-10-15-14-17(8-9-19(15)23)27(25,26)22-11-4-3-5-12-22/h8-10,13-14,16,18H,2-7,11-12H2,1H3,(H,21,24)/t18-/m0/s1. The van der Waals surface area contributed by atoms with E-state index in [4.69, 9.17) is 0 Å². The first-order valence-electron chi connectivity index (χ1n) is 9.92. The molecule has 2 aliphatic rings. The average Bonchev–Trinajstić information content (AvgIpc) is 3.40. The number of carbonyl (C=O) groups excluding carboxylic acids is 1. The lowest BCUT2D eigenvalue weighted by molar-refractivity contribution is -0.124. The predicted octanol–water partition coefficient (Wildman–Crippen LogP) is 3.05. The lowest BCUT2D eigenvalue weighted by Crippen LogP contribution is -2.35. The van der Waals surface area contributed by atoms with Crippen molar-refractivity contribution in [3.8, 4) is 0 Å². The molecule has 4 rings (SSSR count). The summed E-state index contributed by atoms with van der Waals surface area (Å²) in [5.74, 6) is 0.0440. The van der Waals surface area contributed by atoms with Crippen LogP contribution in [0.2, 0.25) is 0 Å². The van der Waals surface area contributed by atoms with Crippen LogP contribution in [0.4, 0.5) is 0 Å². The Morgan fingerprint density at radius 1 is 1.19 bits per heavy atom. The summed E-state index contributed by atoms with van der Waals surface area (Å²) in [5, 5.41) is 3.93. The van der Waals surface area contributed by atoms with Crippen LogP contribution in [0.3, 0.4) is 0 Å². The van der Waals surface area contributed by atoms with E-state index in [9.17, 15) is 13.2 Å². The summed E-state index contributed by atoms with van der Waals surface area (Å²) in [6.45, 7) is 3.19. The number of sulfonamides is 1. The van der Waals surface area contributed by atoms with Crippen molar-refractivity contribution in [2.24, 2.45) is 0 Å². The minimum absolute atomic E-state index is 0.0440. The zero-order valence-corrected chi connectivity index (χ0v) is 16.5. The second-order valence-electron chi connectivity index (χ2n) is 7.62. The summed E-state index contributed by atoms with van der Waals surface area (Å²) >= 11 is 0. The normalized spacial score (nSPS) is 19.9. The number of nitrogens with one attached hydrogen (secondary N) is 1. The molecule has 0 radical (unpaired) electrons. The first kappa shape index (κ1) is 18.5. The van der Waals surface area contributed by atoms with Crippen molar-refractivity contribution >= 4 is 26.8 Å². The summed E-state index contributed by atoms with van der Waals surface area (Å²) in [5.41, 5.74) is 0.894. The van der Waals surface area contributed by atoms with Crippen LogP contribution in [0, 0.1) is 0 Å². The number of rotatable bonds is 6. The smallest absolute Gasteiger partial charge is 0.243 e. The third kappa shape index (κ3) is 3.62. The monoisotopic (exact) mass is 389 g/mol. The van der Waals surface area contributed by atoms with Crippen molar-refractivity contribution in [1.82, 2.24) is 14.2 Å². The van der Waals surface area contributed by atoms with Gasteiger partial charge < -0.3 is 9.88 Å². The van der Waals surface area contributed by atoms with Crippen LogP contribution in [0.5, 0.6) is 0 Å². The molecule has 1 atom stereocenters. The predicted molar refractivity (Wildman–Crippen MR) is 105 cm³/mol. The Balaban J connectivity index is 1.63. The molecule has 1 amide bonds. The molecule has 0 unspecified atom stereocenters. The Bertz CT molecular complexity index is 941. The number of amides is 1. The molecule has 27 heavy (non-hydrogen) atoms. The number of hydrogen-bond donors (Lipinski definition) is 1. The number of benzene rings is 1. The van der Waals surface area contributed by atoms with Gasteiger partial charge >= 0.3 is 0 Å². The summed E-state index contributed by atoms with van der Waals surface area (Å²) in [4.78, 5) is 12.9. The number of piperidine rings is 1. The molecule has 1 aliphatic heterocycles. The van der Waals surface area contributed by atoms with E-state index in [0.29, 0.717) is 30.4 Å². The molecule has 2 fully saturated rings. The van der Waals surface area contributed by atoms with Gasteiger partial charge in [-0.2, -0.15) is 4.31 Å². The fourth-order valence-corrected chi connectivity index (χ4v) is 5.42. The van der Waals surface area contributed by atoms with Crippen molar-refractivity contribution in [1.29, 1.82) is 0 Å². The van der Waals surface area contributed by atoms with Crippen LogP contribution >= 0.6 is 0 Å². The molecule has 2 heterocycles. The fourth-order valence-electron chi connectivity index (χ4n) is 3.86. The first-order valence-corrected chi connectivity index (χ1v) is 11.4. The molecule has 1 saturated heterocycles. The van der Waals surface area contributed by atoms with Gasteiger partial charge in [0.05, 0.1) is 4.90 Å². The number of hydrogen-bond acceptors (Lipinski definition) is 3. The van der Waals surface area contributed by atoms with Crippen molar-refractivity contribution in [2.45, 2.75) is 62.4 Å². The second kappa shape index (κ2) is 7.28. The number of fused-ring (bicyclic) bond motifs is 1. The zero-order valence-electron chi connectivity index (χ0n) is 15.7. The molecule has 1 N–H and O–H groups in total. The van der Waals surface area contributed by atoms with Gasteiger partial charge in [-0.15, -0.1) is 0 Å². The van der Waals surface area contributed by atoms with Crippen LogP contribution in [0.1, 0.15) is 51.5 Å². The van der Waals surface area contributed by atoms with Gasteiger partial charge in [0.1, 0.15) is 6.04 Å². The maximum atomic E-state index is 12.9. The van der Waals surface area contributed by atoms with Gasteiger partial charge in [0, 0.05) is 36.2 Å². The molecule has 1 aliphatic carbocycles. The maximum absolute atomic E-state index is 12.9. The van der Waals surface area contributed by atoms with Gasteiger partial charge in [0.25, 0.3) is 0 Å². The Morgan fingerprint density at radius 2 is 1.93 bits per heavy atom. The molecule has 1 saturated carbocycles. The minimum Gasteiger partial charge on any atom is -0.352 e. The van der Waals surface area contributed by atoms with Crippen LogP contribution in [0.15, 0.2) is 35.4 Å². The van der Waals surface area contributed by atoms with Gasteiger partial charge in [0.2, 0.25) is 15.9 Å². The molecule has 146 valence electrons. The largest absolute Gasteiger partial charge is 0.352 e. The Kier molecular flexibility index (Phi) is 4.99. The highest BCUT2D eigenvalue weighted by atomic mass is 32.2. The van der Waals surface area contributed by atoms with Crippen molar-refractivity contribution < 1.29 is 13.2 Å². The maximum Gasteiger partial charge on any atom is 0.243 e. The number of nitrogens with zero attached hydrogens (tertiary/aromatic N) is 2. The molecule has 2 aromatic rings. The third-order valence-corrected chi connectivity index (χ3v) is 7.49. The molecule has 1 aromatic carbocycles. The van der Waals surface area contributed by atoms with Gasteiger partial charge in [-0.25, -0.2) is 8.42 Å². The summed E-state index contributed by atoms with van der Waals surface area (Å²) in [6, 6.07) is 7.20. The van der Waals surface area contributed by atoms with Crippen LogP contribution in [-0.4, -0.2) is 42.3 Å². The zero-order chi connectivity index (χ0) is 19.0. The van der Waals surface area contributed by atoms with E-state index >= 15 is 0 Å². The summed E-state index contributed by atoms with van der Waals surface area (Å²) < 4.78 is 29.4. The number of carbonyl (C=O) groups is 1. The lowest BCUT2D eigenvalue weighted by atomic mass is 10.2. The van der Waals surface area contributed by atoms with E-state index in [-0.39, 0.29) is 11.9 Å². The van der Waals surface area contributed by atoms with Crippen LogP contribution in [0.25, 0.3) is 10.9 Å². The van der Waals surface area contributed by atoms with E-state index in [0.717, 1.165) is 43.0 Å². The molecule has 1 aromatic heterocycles. The minimum atomic E-state index is -3.45. The highest BCUT2D eigenvalue weighted by molar-refractivity contribution is 7.89. The highest BCUT2D eigenvalue weighted by Crippen LogP contribution is 2.28. The topological polar surface area (TPSA) is 71.4 Å². The van der Waals surface area contributed by atoms with E-state index in [1.165, 1.54) is 0 Å². The fraction of sp³-hybridized carbons (Fsp3) is 0.550. The van der Waals surface area contributed by atoms with Gasteiger partial charge in [-0.3, -0.25) is 4.79 Å². The van der Waals surface area contributed by atoms with E-state index in [1.807, 2.05) is 29.8 Å². The van der Waals surface area contributed by atoms with Crippen molar-refractivity contribution in [2.75, 3.05) is 13.1 Å². The lowest BCUT2D eigenvalue weighted by Gasteiger charge is -2.26. The molecular formula is C20H27N3O3S. The average molecular weight is 390 g/mol. The molecule has 0 bridgehead atoms. The Morgan fingerprint density at radius 3 is 2.59 bits per heavy atom. The quantitative estimate of drug-likeness (QED) is 0.825. The Labute approximate surface area is 160 Å². The SMILES string of the molecule is CC[C@@H](C(=O)NC1CC1)n1ccc2cc(S(=O)(=O)N3CCCCC3)ccc21. The van der Waals surface area contributed by atoms with E-state index < -0.39 is 10.0 Å². The number of aromatic nitrogens is 1. The Hall–Kier alpha value is -1.86. The molecule has 0 spiro atoms. The summed E-state index contributed by atoms with van der Waals surface area (Å²) in [7, 11) is -3.45. The van der Waals surface area contributed by atoms with Crippen molar-refractivity contribution in [3.63, 3.8) is 0 Å². The van der Waals surface area contributed by atoms with Crippen LogP contribution < -0.4 is 5.32 Å². The van der Waals surface area contributed by atoms with Gasteiger partial charge in [-0.05, 0) is 56.4 Å². The third-order valence-electron chi connectivity index (χ3n) is 5.59. The second-order valence-corrected chi connectivity index (χ2v) is 9.55. The molecule has 7 heteroatoms. The van der Waals surface area contributed by atoms with Crippen molar-refractivity contribution in [3.05, 3.63) is 30.5 Å². The van der Waals surface area contributed by atoms with Crippen LogP contribution in [-0.2, 0) is 14.8 Å². The summed E-state index contributed by atoms with van der Waals surface area (Å²) in [6.07, 6.45) is 7.64. The highest BCUT2D eigenvalue weighted by Gasteiger charge is 2.29.